The Morgan fingerprint density at radius 1 is 0.867 bits per heavy atom. The smallest absolute Gasteiger partial charge is 0.340 e. The molecule has 0 bridgehead atoms. The zero-order chi connectivity index (χ0) is 21.2. The van der Waals surface area contributed by atoms with Gasteiger partial charge in [0, 0.05) is 11.4 Å². The van der Waals surface area contributed by atoms with Crippen molar-refractivity contribution >= 4 is 29.5 Å². The first-order valence-electron chi connectivity index (χ1n) is 9.52. The molecule has 3 aromatic carbocycles. The first kappa shape index (κ1) is 20.8. The van der Waals surface area contributed by atoms with E-state index in [1.807, 2.05) is 36.4 Å². The van der Waals surface area contributed by atoms with Crippen molar-refractivity contribution in [1.82, 2.24) is 0 Å². The number of benzene rings is 3. The Balaban J connectivity index is 1.66. The number of nitrogens with one attached hydrogen (secondary N) is 1. The Bertz CT molecular complexity index is 990. The molecule has 0 radical (unpaired) electrons. The van der Waals surface area contributed by atoms with E-state index in [-0.39, 0.29) is 25.6 Å². The number of ether oxygens (including phenoxy) is 1. The van der Waals surface area contributed by atoms with Gasteiger partial charge in [0.1, 0.15) is 12.9 Å². The molecule has 0 aliphatic rings. The Labute approximate surface area is 175 Å². The summed E-state index contributed by atoms with van der Waals surface area (Å²) in [4.78, 5) is 37.6. The Hall–Kier alpha value is -3.93. The summed E-state index contributed by atoms with van der Waals surface area (Å²) in [5.41, 5.74) is 2.34. The molecule has 0 atom stereocenters. The summed E-state index contributed by atoms with van der Waals surface area (Å²) in [5.74, 6) is -0.775. The van der Waals surface area contributed by atoms with Crippen LogP contribution in [0.15, 0.2) is 84.9 Å². The van der Waals surface area contributed by atoms with Crippen LogP contribution in [-0.4, -0.2) is 31.3 Å². The van der Waals surface area contributed by atoms with E-state index in [9.17, 15) is 14.4 Å². The number of carbonyl (C=O) groups excluding carboxylic acids is 3. The van der Waals surface area contributed by atoms with Gasteiger partial charge in [0.2, 0.25) is 5.91 Å². The van der Waals surface area contributed by atoms with Gasteiger partial charge in [-0.25, -0.2) is 4.79 Å². The molecule has 0 saturated carbocycles. The van der Waals surface area contributed by atoms with Gasteiger partial charge in [-0.05, 0) is 29.8 Å². The predicted molar refractivity (Wildman–Crippen MR) is 115 cm³/mol. The summed E-state index contributed by atoms with van der Waals surface area (Å²) in [6, 6.07) is 25.2. The normalized spacial score (nSPS) is 10.1. The van der Waals surface area contributed by atoms with Crippen molar-refractivity contribution < 1.29 is 19.1 Å². The molecule has 3 rings (SSSR count). The van der Waals surface area contributed by atoms with E-state index in [0.717, 1.165) is 5.56 Å². The van der Waals surface area contributed by atoms with Gasteiger partial charge in [-0.1, -0.05) is 60.7 Å². The summed E-state index contributed by atoms with van der Waals surface area (Å²) in [6.45, 7) is 0.0328. The molecule has 0 spiro atoms. The van der Waals surface area contributed by atoms with Crippen LogP contribution in [0.4, 0.5) is 11.4 Å². The van der Waals surface area contributed by atoms with Crippen molar-refractivity contribution in [2.45, 2.75) is 6.61 Å². The van der Waals surface area contributed by atoms with Gasteiger partial charge in [-0.3, -0.25) is 4.79 Å². The topological polar surface area (TPSA) is 75.7 Å². The van der Waals surface area contributed by atoms with E-state index in [1.165, 1.54) is 4.90 Å². The number of amides is 1. The van der Waals surface area contributed by atoms with E-state index >= 15 is 0 Å². The van der Waals surface area contributed by atoms with E-state index in [4.69, 9.17) is 4.74 Å². The molecule has 0 saturated heterocycles. The van der Waals surface area contributed by atoms with Crippen LogP contribution in [0.2, 0.25) is 0 Å². The third kappa shape index (κ3) is 5.54. The van der Waals surface area contributed by atoms with Gasteiger partial charge in [0.05, 0.1) is 18.7 Å². The SMILES string of the molecule is O=CCN(C(=O)CNc1ccccc1C(=O)OCc1ccccc1)c1ccccc1. The lowest BCUT2D eigenvalue weighted by atomic mass is 10.1. The van der Waals surface area contributed by atoms with Crippen molar-refractivity contribution in [2.24, 2.45) is 0 Å². The van der Waals surface area contributed by atoms with Crippen LogP contribution in [0, 0.1) is 0 Å². The van der Waals surface area contributed by atoms with Crippen LogP contribution in [-0.2, 0) is 20.9 Å². The van der Waals surface area contributed by atoms with Gasteiger partial charge < -0.3 is 19.7 Å². The van der Waals surface area contributed by atoms with Crippen molar-refractivity contribution in [1.29, 1.82) is 0 Å². The quantitative estimate of drug-likeness (QED) is 0.436. The molecule has 152 valence electrons. The van der Waals surface area contributed by atoms with Crippen molar-refractivity contribution in [3.8, 4) is 0 Å². The summed E-state index contributed by atoms with van der Waals surface area (Å²) < 4.78 is 5.40. The van der Waals surface area contributed by atoms with Crippen LogP contribution >= 0.6 is 0 Å². The monoisotopic (exact) mass is 402 g/mol. The highest BCUT2D eigenvalue weighted by atomic mass is 16.5. The summed E-state index contributed by atoms with van der Waals surface area (Å²) >= 11 is 0. The maximum Gasteiger partial charge on any atom is 0.340 e. The molecule has 6 heteroatoms. The van der Waals surface area contributed by atoms with Gasteiger partial charge in [0.25, 0.3) is 0 Å². The predicted octanol–water partition coefficient (Wildman–Crippen LogP) is 3.69. The van der Waals surface area contributed by atoms with Crippen molar-refractivity contribution in [3.63, 3.8) is 0 Å². The molecule has 1 N–H and O–H groups in total. The minimum Gasteiger partial charge on any atom is -0.457 e. The first-order valence-corrected chi connectivity index (χ1v) is 9.52. The number of rotatable bonds is 9. The van der Waals surface area contributed by atoms with Gasteiger partial charge >= 0.3 is 5.97 Å². The third-order valence-electron chi connectivity index (χ3n) is 4.42. The Morgan fingerprint density at radius 3 is 2.20 bits per heavy atom. The van der Waals surface area contributed by atoms with Crippen molar-refractivity contribution in [3.05, 3.63) is 96.1 Å². The Kier molecular flexibility index (Phi) is 7.33. The summed E-state index contributed by atoms with van der Waals surface area (Å²) in [5, 5.41) is 2.99. The number of hydrogen-bond acceptors (Lipinski definition) is 5. The highest BCUT2D eigenvalue weighted by Gasteiger charge is 2.17. The number of para-hydroxylation sites is 2. The zero-order valence-corrected chi connectivity index (χ0v) is 16.4. The Morgan fingerprint density at radius 2 is 1.50 bits per heavy atom. The fourth-order valence-electron chi connectivity index (χ4n) is 2.92. The highest BCUT2D eigenvalue weighted by molar-refractivity contribution is 6.00. The third-order valence-corrected chi connectivity index (χ3v) is 4.42. The molecule has 1 amide bonds. The maximum atomic E-state index is 12.7. The van der Waals surface area contributed by atoms with E-state index in [0.29, 0.717) is 23.2 Å². The van der Waals surface area contributed by atoms with E-state index < -0.39 is 5.97 Å². The van der Waals surface area contributed by atoms with Gasteiger partial charge in [-0.2, -0.15) is 0 Å². The van der Waals surface area contributed by atoms with Gasteiger partial charge in [0.15, 0.2) is 0 Å². The molecule has 0 aliphatic heterocycles. The minimum absolute atomic E-state index is 0.0503. The largest absolute Gasteiger partial charge is 0.457 e. The molecular weight excluding hydrogens is 380 g/mol. The second-order valence-corrected chi connectivity index (χ2v) is 6.47. The van der Waals surface area contributed by atoms with E-state index in [1.54, 1.807) is 48.5 Å². The molecule has 0 heterocycles. The van der Waals surface area contributed by atoms with Crippen molar-refractivity contribution in [2.75, 3.05) is 23.3 Å². The summed E-state index contributed by atoms with van der Waals surface area (Å²) in [6.07, 6.45) is 0.680. The number of hydrogen-bond donors (Lipinski definition) is 1. The fourth-order valence-corrected chi connectivity index (χ4v) is 2.92. The summed E-state index contributed by atoms with van der Waals surface area (Å²) in [7, 11) is 0. The molecule has 6 nitrogen and oxygen atoms in total. The van der Waals surface area contributed by atoms with E-state index in [2.05, 4.69) is 5.32 Å². The number of aldehydes is 1. The standard InChI is InChI=1S/C24H22N2O4/c27-16-15-26(20-11-5-2-6-12-20)23(28)17-25-22-14-8-7-13-21(22)24(29)30-18-19-9-3-1-4-10-19/h1-14,16,25H,15,17-18H2. The molecule has 0 unspecified atom stereocenters. The number of esters is 1. The lowest BCUT2D eigenvalue weighted by Gasteiger charge is -2.21. The lowest BCUT2D eigenvalue weighted by Crippen LogP contribution is -2.37. The maximum absolute atomic E-state index is 12.7. The number of carbonyl (C=O) groups is 3. The second-order valence-electron chi connectivity index (χ2n) is 6.47. The molecular formula is C24H22N2O4. The van der Waals surface area contributed by atoms with Crippen LogP contribution in [0.5, 0.6) is 0 Å². The average molecular weight is 402 g/mol. The van der Waals surface area contributed by atoms with Crippen LogP contribution in [0.3, 0.4) is 0 Å². The number of anilines is 2. The van der Waals surface area contributed by atoms with Crippen LogP contribution in [0.25, 0.3) is 0 Å². The number of nitrogens with zero attached hydrogens (tertiary/aromatic N) is 1. The first-order chi connectivity index (χ1) is 14.7. The highest BCUT2D eigenvalue weighted by Crippen LogP contribution is 2.18. The second kappa shape index (κ2) is 10.6. The molecule has 0 fully saturated rings. The van der Waals surface area contributed by atoms with Crippen LogP contribution in [0.1, 0.15) is 15.9 Å². The van der Waals surface area contributed by atoms with Crippen LogP contribution < -0.4 is 10.2 Å². The lowest BCUT2D eigenvalue weighted by molar-refractivity contribution is -0.118. The fraction of sp³-hybridized carbons (Fsp3) is 0.125. The molecule has 3 aromatic rings. The molecule has 30 heavy (non-hydrogen) atoms. The molecule has 0 aromatic heterocycles. The zero-order valence-electron chi connectivity index (χ0n) is 16.4. The van der Waals surface area contributed by atoms with Gasteiger partial charge in [-0.15, -0.1) is 0 Å². The minimum atomic E-state index is -0.484. The molecule has 0 aliphatic carbocycles. The average Bonchev–Trinajstić information content (AvgIpc) is 2.81.